The molecule has 2 fully saturated rings. The molecule has 4 heteroatoms. The standard InChI is InChI=1S/B2O2/c3-1-2(3)4-1. The van der Waals surface area contributed by atoms with Crippen LogP contribution in [0.2, 0.25) is 0 Å². The Morgan fingerprint density at radius 3 is 1.25 bits per heavy atom. The van der Waals surface area contributed by atoms with Crippen molar-refractivity contribution in [2.24, 2.45) is 0 Å². The van der Waals surface area contributed by atoms with Crippen molar-refractivity contribution in [3.05, 3.63) is 0 Å². The van der Waals surface area contributed by atoms with Gasteiger partial charge in [0.25, 0.3) is 0 Å². The van der Waals surface area contributed by atoms with Crippen molar-refractivity contribution in [2.75, 3.05) is 0 Å². The molecule has 0 aromatic rings. The minimum absolute atomic E-state index is 0.250. The van der Waals surface area contributed by atoms with Crippen molar-refractivity contribution in [3.63, 3.8) is 0 Å². The van der Waals surface area contributed by atoms with Crippen LogP contribution in [0.1, 0.15) is 0 Å². The topological polar surface area (TPSA) is 25.1 Å². The van der Waals surface area contributed by atoms with E-state index in [2.05, 4.69) is 9.14 Å². The fraction of sp³-hybridized carbons (Fsp3) is 0. The number of rotatable bonds is 0. The molecule has 0 saturated carbocycles. The molecule has 18 valence electrons. The van der Waals surface area contributed by atoms with E-state index >= 15 is 0 Å². The van der Waals surface area contributed by atoms with Gasteiger partial charge in [-0.1, -0.05) is 0 Å². The summed E-state index contributed by atoms with van der Waals surface area (Å²) in [5.41, 5.74) is 0. The lowest BCUT2D eigenvalue weighted by Gasteiger charge is -1.72. The Morgan fingerprint density at radius 2 is 1.25 bits per heavy atom. The highest BCUT2D eigenvalue weighted by molar-refractivity contribution is 7.39. The molecule has 0 aliphatic carbocycles. The predicted molar refractivity (Wildman–Crippen MR) is 13.7 cm³/mol. The summed E-state index contributed by atoms with van der Waals surface area (Å²) in [7, 11) is 0.500. The van der Waals surface area contributed by atoms with E-state index in [1.54, 1.807) is 0 Å². The van der Waals surface area contributed by atoms with Gasteiger partial charge in [-0.05, 0) is 0 Å². The molecule has 0 aromatic carbocycles. The normalized spacial score (nSPS) is 30.0. The number of hydrogen-bond donors (Lipinski definition) is 0. The average Bonchev–Trinajstić information content (AvgIpc) is 1.36. The van der Waals surface area contributed by atoms with Gasteiger partial charge < -0.3 is 9.14 Å². The Labute approximate surface area is 24.4 Å². The summed E-state index contributed by atoms with van der Waals surface area (Å²) in [5.74, 6) is 0. The molecule has 4 heavy (non-hydrogen) atoms. The van der Waals surface area contributed by atoms with Gasteiger partial charge in [0.15, 0.2) is 0 Å². The lowest BCUT2D eigenvalue weighted by Crippen LogP contribution is -1.75. The van der Waals surface area contributed by atoms with Crippen LogP contribution in [-0.4, -0.2) is 14.0 Å². The highest BCUT2D eigenvalue weighted by atomic mass is 16.8. The van der Waals surface area contributed by atoms with Crippen LogP contribution in [0.3, 0.4) is 0 Å². The van der Waals surface area contributed by atoms with Crippen LogP contribution in [0.4, 0.5) is 0 Å². The third-order valence-electron chi connectivity index (χ3n) is 0.605. The summed E-state index contributed by atoms with van der Waals surface area (Å²) in [6.07, 6.45) is 0. The first-order chi connectivity index (χ1) is 1.97. The Bertz CT molecular complexity index is 40.0. The molecule has 0 unspecified atom stereocenters. The van der Waals surface area contributed by atoms with Gasteiger partial charge in [0.1, 0.15) is 0 Å². The van der Waals surface area contributed by atoms with Crippen LogP contribution < -0.4 is 0 Å². The van der Waals surface area contributed by atoms with E-state index in [0.29, 0.717) is 0 Å². The predicted octanol–water partition coefficient (Wildman–Crippen LogP) is -0.898. The summed E-state index contributed by atoms with van der Waals surface area (Å²) in [4.78, 5) is 0. The smallest absolute Gasteiger partial charge is 0.457 e. The maximum Gasteiger partial charge on any atom is 0.457 e. The molecular weight excluding hydrogens is 53.6 g/mol. The highest BCUT2D eigenvalue weighted by Crippen LogP contribution is 2.31. The van der Waals surface area contributed by atoms with Gasteiger partial charge in [-0.15, -0.1) is 0 Å². The second-order valence-electron chi connectivity index (χ2n) is 1.01. The SMILES string of the molecule is O1B2OB12. The van der Waals surface area contributed by atoms with Gasteiger partial charge in [-0.3, -0.25) is 0 Å². The molecule has 0 spiro atoms. The Kier molecular flexibility index (Phi) is 0.0730. The van der Waals surface area contributed by atoms with Crippen LogP contribution in [0, 0.1) is 0 Å². The molecule has 2 aliphatic rings. The third kappa shape index (κ3) is 0.0349. The van der Waals surface area contributed by atoms with Gasteiger partial charge in [0.2, 0.25) is 0 Å². The van der Waals surface area contributed by atoms with Gasteiger partial charge in [-0.25, -0.2) is 0 Å². The first-order valence-corrected chi connectivity index (χ1v) is 1.28. The molecule has 0 atom stereocenters. The molecule has 2 nitrogen and oxygen atoms in total. The maximum absolute atomic E-state index is 4.58. The molecule has 0 N–H and O–H groups in total. The highest BCUT2D eigenvalue weighted by Gasteiger charge is 2.72. The van der Waals surface area contributed by atoms with Crippen LogP contribution in [0.15, 0.2) is 0 Å². The van der Waals surface area contributed by atoms with Crippen LogP contribution in [0.5, 0.6) is 0 Å². The first-order valence-electron chi connectivity index (χ1n) is 1.28. The van der Waals surface area contributed by atoms with Gasteiger partial charge in [-0.2, -0.15) is 0 Å². The van der Waals surface area contributed by atoms with E-state index in [1.165, 1.54) is 0 Å². The van der Waals surface area contributed by atoms with Gasteiger partial charge in [0.05, 0.1) is 0 Å². The molecule has 0 bridgehead atoms. The number of hydrogen-bond acceptors (Lipinski definition) is 2. The average molecular weight is 53.6 g/mol. The Hall–Kier alpha value is 0.0499. The molecular formula is B2O2. The van der Waals surface area contributed by atoms with Gasteiger partial charge in [0, 0.05) is 0 Å². The fourth-order valence-electron chi connectivity index (χ4n) is 0.184. The summed E-state index contributed by atoms with van der Waals surface area (Å²) < 4.78 is 9.17. The van der Waals surface area contributed by atoms with Crippen molar-refractivity contribution in [2.45, 2.75) is 0 Å². The zero-order chi connectivity index (χ0) is 2.57. The van der Waals surface area contributed by atoms with E-state index in [0.717, 1.165) is 0 Å². The minimum Gasteiger partial charge on any atom is -0.457 e. The summed E-state index contributed by atoms with van der Waals surface area (Å²) >= 11 is 0. The summed E-state index contributed by atoms with van der Waals surface area (Å²) in [6, 6.07) is 0. The molecule has 2 rings (SSSR count). The van der Waals surface area contributed by atoms with E-state index in [-0.39, 0.29) is 14.0 Å². The largest absolute Gasteiger partial charge is 0.457 e. The second kappa shape index (κ2) is 0.198. The van der Waals surface area contributed by atoms with Crippen molar-refractivity contribution in [1.82, 2.24) is 0 Å². The third-order valence-corrected chi connectivity index (χ3v) is 0.605. The van der Waals surface area contributed by atoms with Gasteiger partial charge >= 0.3 is 14.0 Å². The van der Waals surface area contributed by atoms with E-state index < -0.39 is 0 Å². The molecule has 0 radical (unpaired) electrons. The van der Waals surface area contributed by atoms with Crippen LogP contribution >= 0.6 is 0 Å². The Morgan fingerprint density at radius 1 is 1.00 bits per heavy atom. The van der Waals surface area contributed by atoms with E-state index in [4.69, 9.17) is 0 Å². The van der Waals surface area contributed by atoms with Crippen molar-refractivity contribution in [1.29, 1.82) is 0 Å². The maximum atomic E-state index is 4.58. The zero-order valence-corrected chi connectivity index (χ0v) is 1.97. The second-order valence-corrected chi connectivity index (χ2v) is 1.01. The summed E-state index contributed by atoms with van der Waals surface area (Å²) in [6.45, 7) is 0. The Balaban J connectivity index is 2.48. The van der Waals surface area contributed by atoms with Crippen molar-refractivity contribution >= 4 is 14.0 Å². The number of fused-ring (bicyclic) bond motifs is 1. The van der Waals surface area contributed by atoms with Crippen molar-refractivity contribution < 1.29 is 9.14 Å². The molecule has 2 saturated heterocycles. The molecule has 0 aromatic heterocycles. The molecule has 2 heterocycles. The zero-order valence-electron chi connectivity index (χ0n) is 1.97. The lowest BCUT2D eigenvalue weighted by molar-refractivity contribution is 0.451. The van der Waals surface area contributed by atoms with Crippen LogP contribution in [0.25, 0.3) is 0 Å². The monoisotopic (exact) mass is 54.0 g/mol. The lowest BCUT2D eigenvalue weighted by atomic mass is 9.81. The van der Waals surface area contributed by atoms with E-state index in [1.807, 2.05) is 0 Å². The fourth-order valence-corrected chi connectivity index (χ4v) is 0.184. The first kappa shape index (κ1) is 1.48. The molecule has 2 aliphatic heterocycles. The summed E-state index contributed by atoms with van der Waals surface area (Å²) in [5, 5.41) is 0. The minimum atomic E-state index is 0.250. The van der Waals surface area contributed by atoms with Crippen LogP contribution in [-0.2, 0) is 9.14 Å². The van der Waals surface area contributed by atoms with E-state index in [9.17, 15) is 0 Å². The molecule has 0 amide bonds. The quantitative estimate of drug-likeness (QED) is 0.264. The van der Waals surface area contributed by atoms with Crippen molar-refractivity contribution in [3.8, 4) is 0 Å².